The molecule has 2 N–H and O–H groups in total. The van der Waals surface area contributed by atoms with E-state index in [0.717, 1.165) is 42.3 Å². The average Bonchev–Trinajstić information content (AvgIpc) is 3.11. The Balaban J connectivity index is 1.35. The lowest BCUT2D eigenvalue weighted by molar-refractivity contribution is -0.114. The second-order valence-electron chi connectivity index (χ2n) is 8.12. The average molecular weight is 410 g/mol. The van der Waals surface area contributed by atoms with E-state index in [2.05, 4.69) is 46.5 Å². The minimum Gasteiger partial charge on any atom is -0.361 e. The Hall–Kier alpha value is -2.30. The third-order valence-electron chi connectivity index (χ3n) is 6.07. The number of aryl methyl sites for hydroxylation is 1. The molecule has 4 rings (SSSR count). The Bertz CT molecular complexity index is 1020. The molecule has 1 fully saturated rings. The Morgan fingerprint density at radius 3 is 2.76 bits per heavy atom. The van der Waals surface area contributed by atoms with Crippen LogP contribution in [-0.4, -0.2) is 35.4 Å². The third-order valence-corrected chi connectivity index (χ3v) is 6.31. The first-order chi connectivity index (χ1) is 14.0. The van der Waals surface area contributed by atoms with Crippen LogP contribution in [0.5, 0.6) is 0 Å². The van der Waals surface area contributed by atoms with Gasteiger partial charge in [0.15, 0.2) is 0 Å². The number of nitrogens with zero attached hydrogens (tertiary/aromatic N) is 1. The third kappa shape index (κ3) is 4.65. The minimum absolute atomic E-state index is 0.0265. The Labute approximate surface area is 177 Å². The van der Waals surface area contributed by atoms with Crippen molar-refractivity contribution in [3.8, 4) is 0 Å². The number of amides is 1. The molecule has 1 aliphatic heterocycles. The van der Waals surface area contributed by atoms with Crippen molar-refractivity contribution in [2.75, 3.05) is 25.0 Å². The van der Waals surface area contributed by atoms with Crippen LogP contribution in [0.3, 0.4) is 0 Å². The van der Waals surface area contributed by atoms with Gasteiger partial charge in [0.05, 0.1) is 0 Å². The van der Waals surface area contributed by atoms with E-state index in [9.17, 15) is 4.79 Å². The van der Waals surface area contributed by atoms with Gasteiger partial charge in [-0.2, -0.15) is 0 Å². The number of benzene rings is 2. The molecule has 0 aliphatic carbocycles. The van der Waals surface area contributed by atoms with Crippen molar-refractivity contribution in [2.45, 2.75) is 39.0 Å². The molecule has 0 spiro atoms. The van der Waals surface area contributed by atoms with Crippen molar-refractivity contribution in [3.05, 3.63) is 64.3 Å². The molecule has 0 saturated carbocycles. The van der Waals surface area contributed by atoms with E-state index in [4.69, 9.17) is 11.6 Å². The van der Waals surface area contributed by atoms with Gasteiger partial charge in [-0.25, -0.2) is 0 Å². The van der Waals surface area contributed by atoms with Crippen molar-refractivity contribution in [1.29, 1.82) is 0 Å². The molecule has 1 amide bonds. The number of rotatable bonds is 5. The molecule has 1 aliphatic rings. The molecule has 0 atom stereocenters. The molecular formula is C24H28ClN3O. The van der Waals surface area contributed by atoms with Crippen molar-refractivity contribution in [2.24, 2.45) is 0 Å². The standard InChI is InChI=1S/C24H28ClN3O/c1-16-3-5-21(27-17(2)29)13-19(16)9-12-28-10-7-18(8-11-28)23-15-26-24-14-20(25)4-6-22(23)24/h3-6,13-15,18,26H,7-12H2,1-2H3,(H,27,29). The van der Waals surface area contributed by atoms with Crippen LogP contribution in [-0.2, 0) is 11.2 Å². The molecule has 1 aromatic heterocycles. The second-order valence-corrected chi connectivity index (χ2v) is 8.56. The molecular weight excluding hydrogens is 382 g/mol. The summed E-state index contributed by atoms with van der Waals surface area (Å²) in [5, 5.41) is 4.97. The topological polar surface area (TPSA) is 48.1 Å². The minimum atomic E-state index is -0.0265. The largest absolute Gasteiger partial charge is 0.361 e. The van der Waals surface area contributed by atoms with Gasteiger partial charge < -0.3 is 15.2 Å². The van der Waals surface area contributed by atoms with Crippen molar-refractivity contribution >= 4 is 34.1 Å². The van der Waals surface area contributed by atoms with Gasteiger partial charge in [0.1, 0.15) is 0 Å². The zero-order chi connectivity index (χ0) is 20.4. The number of H-pyrrole nitrogens is 1. The second kappa shape index (κ2) is 8.60. The van der Waals surface area contributed by atoms with Gasteiger partial charge in [-0.15, -0.1) is 0 Å². The molecule has 2 aromatic carbocycles. The number of nitrogens with one attached hydrogen (secondary N) is 2. The highest BCUT2D eigenvalue weighted by molar-refractivity contribution is 6.31. The molecule has 29 heavy (non-hydrogen) atoms. The number of anilines is 1. The number of aromatic amines is 1. The predicted molar refractivity (Wildman–Crippen MR) is 121 cm³/mol. The predicted octanol–water partition coefficient (Wildman–Crippen LogP) is 5.51. The maximum absolute atomic E-state index is 11.3. The van der Waals surface area contributed by atoms with E-state index in [1.807, 2.05) is 18.2 Å². The van der Waals surface area contributed by atoms with Gasteiger partial charge in [-0.05, 0) is 86.1 Å². The maximum Gasteiger partial charge on any atom is 0.221 e. The number of hydrogen-bond donors (Lipinski definition) is 2. The van der Waals surface area contributed by atoms with Gasteiger partial charge in [0.2, 0.25) is 5.91 Å². The summed E-state index contributed by atoms with van der Waals surface area (Å²) in [7, 11) is 0. The fourth-order valence-corrected chi connectivity index (χ4v) is 4.60. The number of piperidine rings is 1. The van der Waals surface area contributed by atoms with Crippen LogP contribution < -0.4 is 5.32 Å². The highest BCUT2D eigenvalue weighted by atomic mass is 35.5. The highest BCUT2D eigenvalue weighted by Gasteiger charge is 2.22. The number of carbonyl (C=O) groups excluding carboxylic acids is 1. The molecule has 0 radical (unpaired) electrons. The molecule has 3 aromatic rings. The number of hydrogen-bond acceptors (Lipinski definition) is 2. The van der Waals surface area contributed by atoms with Gasteiger partial charge in [0.25, 0.3) is 0 Å². The molecule has 1 saturated heterocycles. The Kier molecular flexibility index (Phi) is 5.93. The Morgan fingerprint density at radius 1 is 1.21 bits per heavy atom. The summed E-state index contributed by atoms with van der Waals surface area (Å²) in [6.45, 7) is 6.99. The summed E-state index contributed by atoms with van der Waals surface area (Å²) in [5.41, 5.74) is 6.04. The number of aromatic nitrogens is 1. The highest BCUT2D eigenvalue weighted by Crippen LogP contribution is 2.34. The fraction of sp³-hybridized carbons (Fsp3) is 0.375. The van der Waals surface area contributed by atoms with Crippen LogP contribution in [0.4, 0.5) is 5.69 Å². The summed E-state index contributed by atoms with van der Waals surface area (Å²) in [4.78, 5) is 17.3. The van der Waals surface area contributed by atoms with Crippen molar-refractivity contribution < 1.29 is 4.79 Å². The van der Waals surface area contributed by atoms with Crippen molar-refractivity contribution in [3.63, 3.8) is 0 Å². The van der Waals surface area contributed by atoms with Crippen molar-refractivity contribution in [1.82, 2.24) is 9.88 Å². The lowest BCUT2D eigenvalue weighted by atomic mass is 9.89. The maximum atomic E-state index is 11.3. The van der Waals surface area contributed by atoms with Crippen LogP contribution >= 0.6 is 11.6 Å². The number of fused-ring (bicyclic) bond motifs is 1. The normalized spacial score (nSPS) is 15.7. The van der Waals surface area contributed by atoms with Gasteiger partial charge >= 0.3 is 0 Å². The fourth-order valence-electron chi connectivity index (χ4n) is 4.43. The first kappa shape index (κ1) is 20.0. The number of carbonyl (C=O) groups is 1. The van der Waals surface area contributed by atoms with E-state index >= 15 is 0 Å². The summed E-state index contributed by atoms with van der Waals surface area (Å²) in [6, 6.07) is 12.3. The van der Waals surface area contributed by atoms with E-state index in [1.165, 1.54) is 34.9 Å². The van der Waals surface area contributed by atoms with E-state index < -0.39 is 0 Å². The lowest BCUT2D eigenvalue weighted by Gasteiger charge is -2.32. The summed E-state index contributed by atoms with van der Waals surface area (Å²) in [5.74, 6) is 0.576. The van der Waals surface area contributed by atoms with Gasteiger partial charge in [-0.3, -0.25) is 4.79 Å². The molecule has 0 bridgehead atoms. The quantitative estimate of drug-likeness (QED) is 0.583. The zero-order valence-corrected chi connectivity index (χ0v) is 17.9. The van der Waals surface area contributed by atoms with Crippen LogP contribution in [0.25, 0.3) is 10.9 Å². The smallest absolute Gasteiger partial charge is 0.221 e. The van der Waals surface area contributed by atoms with E-state index in [-0.39, 0.29) is 5.91 Å². The molecule has 4 nitrogen and oxygen atoms in total. The SMILES string of the molecule is CC(=O)Nc1ccc(C)c(CCN2CCC(c3c[nH]c4cc(Cl)ccc34)CC2)c1. The number of halogens is 1. The van der Waals surface area contributed by atoms with Crippen LogP contribution in [0.1, 0.15) is 42.4 Å². The van der Waals surface area contributed by atoms with E-state index in [1.54, 1.807) is 6.92 Å². The summed E-state index contributed by atoms with van der Waals surface area (Å²) < 4.78 is 0. The molecule has 2 heterocycles. The zero-order valence-electron chi connectivity index (χ0n) is 17.1. The molecule has 5 heteroatoms. The number of likely N-dealkylation sites (tertiary alicyclic amines) is 1. The van der Waals surface area contributed by atoms with E-state index in [0.29, 0.717) is 5.92 Å². The van der Waals surface area contributed by atoms with Gasteiger partial charge in [0, 0.05) is 41.3 Å². The summed E-state index contributed by atoms with van der Waals surface area (Å²) >= 11 is 6.12. The molecule has 152 valence electrons. The monoisotopic (exact) mass is 409 g/mol. The first-order valence-electron chi connectivity index (χ1n) is 10.4. The van der Waals surface area contributed by atoms with Crippen LogP contribution in [0.2, 0.25) is 5.02 Å². The first-order valence-corrected chi connectivity index (χ1v) is 10.7. The van der Waals surface area contributed by atoms with Crippen LogP contribution in [0.15, 0.2) is 42.6 Å². The Morgan fingerprint density at radius 2 is 2.00 bits per heavy atom. The van der Waals surface area contributed by atoms with Gasteiger partial charge in [-0.1, -0.05) is 23.7 Å². The lowest BCUT2D eigenvalue weighted by Crippen LogP contribution is -2.34. The summed E-state index contributed by atoms with van der Waals surface area (Å²) in [6.07, 6.45) is 5.54. The van der Waals surface area contributed by atoms with Crippen LogP contribution in [0, 0.1) is 6.92 Å². The molecule has 0 unspecified atom stereocenters.